The van der Waals surface area contributed by atoms with Crippen molar-refractivity contribution >= 4 is 28.1 Å². The second-order valence-electron chi connectivity index (χ2n) is 4.10. The van der Waals surface area contributed by atoms with E-state index in [1.807, 2.05) is 36.4 Å². The number of nitrogens with zero attached hydrogens (tertiary/aromatic N) is 1. The van der Waals surface area contributed by atoms with E-state index >= 15 is 0 Å². The lowest BCUT2D eigenvalue weighted by Gasteiger charge is -2.09. The van der Waals surface area contributed by atoms with Crippen LogP contribution in [-0.2, 0) is 0 Å². The van der Waals surface area contributed by atoms with Crippen LogP contribution in [-0.4, -0.2) is 4.98 Å². The summed E-state index contributed by atoms with van der Waals surface area (Å²) >= 11 is 0. The monoisotopic (exact) mass is 235 g/mol. The lowest BCUT2D eigenvalue weighted by Crippen LogP contribution is -1.97. The minimum absolute atomic E-state index is 0.514. The molecule has 0 fully saturated rings. The van der Waals surface area contributed by atoms with E-state index < -0.39 is 0 Å². The standard InChI is InChI=1S/C15H13N3/c16-14-9-4-10-15(18-14)17-13-8-3-6-11-5-1-2-7-12(11)13/h1-10H,(H3,16,17,18). The van der Waals surface area contributed by atoms with Crippen molar-refractivity contribution in [3.05, 3.63) is 60.7 Å². The SMILES string of the molecule is Nc1cccc(Nc2cccc3ccccc23)n1. The second kappa shape index (κ2) is 4.37. The quantitative estimate of drug-likeness (QED) is 0.714. The topological polar surface area (TPSA) is 50.9 Å². The zero-order chi connectivity index (χ0) is 12.4. The number of rotatable bonds is 2. The van der Waals surface area contributed by atoms with Gasteiger partial charge in [0.25, 0.3) is 0 Å². The number of nitrogens with one attached hydrogen (secondary N) is 1. The minimum atomic E-state index is 0.514. The van der Waals surface area contributed by atoms with Crippen LogP contribution in [0.5, 0.6) is 0 Å². The van der Waals surface area contributed by atoms with Crippen molar-refractivity contribution in [2.24, 2.45) is 0 Å². The van der Waals surface area contributed by atoms with Gasteiger partial charge in [0, 0.05) is 11.1 Å². The van der Waals surface area contributed by atoms with Gasteiger partial charge >= 0.3 is 0 Å². The highest BCUT2D eigenvalue weighted by molar-refractivity contribution is 5.95. The van der Waals surface area contributed by atoms with Crippen LogP contribution in [0.15, 0.2) is 60.7 Å². The van der Waals surface area contributed by atoms with Gasteiger partial charge in [0.1, 0.15) is 11.6 Å². The predicted molar refractivity (Wildman–Crippen MR) is 75.9 cm³/mol. The molecule has 0 radical (unpaired) electrons. The number of pyridine rings is 1. The van der Waals surface area contributed by atoms with Gasteiger partial charge in [-0.05, 0) is 23.6 Å². The Morgan fingerprint density at radius 3 is 2.50 bits per heavy atom. The maximum atomic E-state index is 5.67. The fraction of sp³-hybridized carbons (Fsp3) is 0. The Kier molecular flexibility index (Phi) is 2.57. The van der Waals surface area contributed by atoms with E-state index in [9.17, 15) is 0 Å². The largest absolute Gasteiger partial charge is 0.384 e. The van der Waals surface area contributed by atoms with Crippen molar-refractivity contribution in [2.75, 3.05) is 11.1 Å². The molecule has 0 bridgehead atoms. The van der Waals surface area contributed by atoms with E-state index in [0.29, 0.717) is 5.82 Å². The van der Waals surface area contributed by atoms with Crippen LogP contribution < -0.4 is 11.1 Å². The van der Waals surface area contributed by atoms with E-state index in [1.165, 1.54) is 10.8 Å². The van der Waals surface area contributed by atoms with Gasteiger partial charge in [-0.15, -0.1) is 0 Å². The molecule has 3 aromatic rings. The lowest BCUT2D eigenvalue weighted by atomic mass is 10.1. The molecule has 1 heterocycles. The number of nitrogens with two attached hydrogens (primary N) is 1. The van der Waals surface area contributed by atoms with E-state index in [0.717, 1.165) is 11.5 Å². The zero-order valence-electron chi connectivity index (χ0n) is 9.80. The molecule has 3 nitrogen and oxygen atoms in total. The maximum Gasteiger partial charge on any atom is 0.132 e. The Hall–Kier alpha value is -2.55. The van der Waals surface area contributed by atoms with Crippen molar-refractivity contribution < 1.29 is 0 Å². The molecule has 0 aliphatic carbocycles. The molecule has 0 spiro atoms. The van der Waals surface area contributed by atoms with Crippen molar-refractivity contribution in [1.29, 1.82) is 0 Å². The number of benzene rings is 2. The van der Waals surface area contributed by atoms with Crippen LogP contribution in [0, 0.1) is 0 Å². The molecule has 0 aliphatic rings. The third-order valence-corrected chi connectivity index (χ3v) is 2.82. The molecule has 2 aromatic carbocycles. The Balaban J connectivity index is 2.05. The van der Waals surface area contributed by atoms with Gasteiger partial charge in [0.2, 0.25) is 0 Å². The molecule has 3 rings (SSSR count). The molecule has 0 amide bonds. The van der Waals surface area contributed by atoms with Crippen LogP contribution in [0.2, 0.25) is 0 Å². The Bertz CT molecular complexity index is 687. The Labute approximate surface area is 105 Å². The number of fused-ring (bicyclic) bond motifs is 1. The second-order valence-corrected chi connectivity index (χ2v) is 4.10. The number of hydrogen-bond acceptors (Lipinski definition) is 3. The van der Waals surface area contributed by atoms with Crippen LogP contribution >= 0.6 is 0 Å². The average molecular weight is 235 g/mol. The highest BCUT2D eigenvalue weighted by Crippen LogP contribution is 2.25. The summed E-state index contributed by atoms with van der Waals surface area (Å²) in [4.78, 5) is 4.24. The average Bonchev–Trinajstić information content (AvgIpc) is 2.39. The van der Waals surface area contributed by atoms with Crippen LogP contribution in [0.25, 0.3) is 10.8 Å². The highest BCUT2D eigenvalue weighted by atomic mass is 15.0. The summed E-state index contributed by atoms with van der Waals surface area (Å²) in [5.74, 6) is 1.27. The molecular weight excluding hydrogens is 222 g/mol. The van der Waals surface area contributed by atoms with E-state index in [-0.39, 0.29) is 0 Å². The summed E-state index contributed by atoms with van der Waals surface area (Å²) < 4.78 is 0. The predicted octanol–water partition coefficient (Wildman–Crippen LogP) is 3.56. The lowest BCUT2D eigenvalue weighted by molar-refractivity contribution is 1.32. The summed E-state index contributed by atoms with van der Waals surface area (Å²) in [6, 6.07) is 19.9. The first-order chi connectivity index (χ1) is 8.83. The van der Waals surface area contributed by atoms with E-state index in [4.69, 9.17) is 5.73 Å². The number of aromatic nitrogens is 1. The van der Waals surface area contributed by atoms with Crippen molar-refractivity contribution in [3.8, 4) is 0 Å². The van der Waals surface area contributed by atoms with Gasteiger partial charge in [0.05, 0.1) is 0 Å². The van der Waals surface area contributed by atoms with Gasteiger partial charge in [-0.25, -0.2) is 4.98 Å². The maximum absolute atomic E-state index is 5.67. The number of anilines is 3. The fourth-order valence-corrected chi connectivity index (χ4v) is 1.99. The molecule has 0 unspecified atom stereocenters. The molecule has 3 N–H and O–H groups in total. The summed E-state index contributed by atoms with van der Waals surface area (Å²) in [5.41, 5.74) is 6.71. The fourth-order valence-electron chi connectivity index (χ4n) is 1.99. The molecule has 0 saturated heterocycles. The van der Waals surface area contributed by atoms with Crippen LogP contribution in [0.3, 0.4) is 0 Å². The van der Waals surface area contributed by atoms with Crippen LogP contribution in [0.4, 0.5) is 17.3 Å². The molecular formula is C15H13N3. The van der Waals surface area contributed by atoms with Gasteiger partial charge < -0.3 is 11.1 Å². The molecule has 88 valence electrons. The highest BCUT2D eigenvalue weighted by Gasteiger charge is 2.01. The van der Waals surface area contributed by atoms with Crippen molar-refractivity contribution in [2.45, 2.75) is 0 Å². The summed E-state index contributed by atoms with van der Waals surface area (Å²) in [5, 5.41) is 5.67. The van der Waals surface area contributed by atoms with Gasteiger partial charge in [-0.2, -0.15) is 0 Å². The normalized spacial score (nSPS) is 10.4. The number of nitrogen functional groups attached to an aromatic ring is 1. The molecule has 18 heavy (non-hydrogen) atoms. The van der Waals surface area contributed by atoms with Gasteiger partial charge in [-0.1, -0.05) is 42.5 Å². The van der Waals surface area contributed by atoms with Crippen molar-refractivity contribution in [3.63, 3.8) is 0 Å². The minimum Gasteiger partial charge on any atom is -0.384 e. The number of hydrogen-bond donors (Lipinski definition) is 2. The van der Waals surface area contributed by atoms with E-state index in [2.05, 4.69) is 28.5 Å². The molecule has 0 aliphatic heterocycles. The Morgan fingerprint density at radius 2 is 1.61 bits per heavy atom. The molecule has 0 atom stereocenters. The zero-order valence-corrected chi connectivity index (χ0v) is 9.80. The Morgan fingerprint density at radius 1 is 0.833 bits per heavy atom. The van der Waals surface area contributed by atoms with Crippen LogP contribution in [0.1, 0.15) is 0 Å². The van der Waals surface area contributed by atoms with E-state index in [1.54, 1.807) is 6.07 Å². The first-order valence-corrected chi connectivity index (χ1v) is 5.80. The third-order valence-electron chi connectivity index (χ3n) is 2.82. The summed E-state index contributed by atoms with van der Waals surface area (Å²) in [6.45, 7) is 0. The molecule has 0 saturated carbocycles. The molecule has 3 heteroatoms. The van der Waals surface area contributed by atoms with Gasteiger partial charge in [-0.3, -0.25) is 0 Å². The van der Waals surface area contributed by atoms with Crippen molar-refractivity contribution in [1.82, 2.24) is 4.98 Å². The third kappa shape index (κ3) is 1.98. The van der Waals surface area contributed by atoms with Gasteiger partial charge in [0.15, 0.2) is 0 Å². The smallest absolute Gasteiger partial charge is 0.132 e. The first-order valence-electron chi connectivity index (χ1n) is 5.80. The summed E-state index contributed by atoms with van der Waals surface area (Å²) in [6.07, 6.45) is 0. The molecule has 1 aromatic heterocycles. The first kappa shape index (κ1) is 10.6. The summed E-state index contributed by atoms with van der Waals surface area (Å²) in [7, 11) is 0.